The summed E-state index contributed by atoms with van der Waals surface area (Å²) in [6.45, 7) is 1.78. The molecule has 3 amide bonds. The van der Waals surface area contributed by atoms with Crippen LogP contribution in [0.15, 0.2) is 91.0 Å². The first-order valence-corrected chi connectivity index (χ1v) is 12.0. The Labute approximate surface area is 218 Å². The minimum Gasteiger partial charge on any atom is -0.384 e. The molecule has 0 spiro atoms. The molecule has 1 saturated heterocycles. The fraction of sp³-hybridized carbons (Fsp3) is 0.138. The number of amides is 3. The number of nitro groups is 1. The first-order chi connectivity index (χ1) is 18.2. The molecule has 38 heavy (non-hydrogen) atoms. The van der Waals surface area contributed by atoms with Crippen LogP contribution in [0.4, 0.5) is 10.5 Å². The third-order valence-corrected chi connectivity index (χ3v) is 7.02. The number of amidine groups is 1. The van der Waals surface area contributed by atoms with E-state index in [4.69, 9.17) is 11.1 Å². The second-order valence-electron chi connectivity index (χ2n) is 9.44. The summed E-state index contributed by atoms with van der Waals surface area (Å²) in [6, 6.07) is 25.7. The van der Waals surface area contributed by atoms with Crippen LogP contribution in [0.5, 0.6) is 0 Å². The van der Waals surface area contributed by atoms with Crippen molar-refractivity contribution in [2.24, 2.45) is 5.73 Å². The van der Waals surface area contributed by atoms with Gasteiger partial charge in [-0.1, -0.05) is 66.7 Å². The molecule has 0 radical (unpaired) electrons. The van der Waals surface area contributed by atoms with Gasteiger partial charge in [0.05, 0.1) is 11.5 Å². The van der Waals surface area contributed by atoms with Crippen LogP contribution in [0.2, 0.25) is 0 Å². The Kier molecular flexibility index (Phi) is 6.12. The Morgan fingerprint density at radius 2 is 1.61 bits per heavy atom. The third-order valence-electron chi connectivity index (χ3n) is 7.02. The average molecular weight is 508 g/mol. The summed E-state index contributed by atoms with van der Waals surface area (Å²) in [5.74, 6) is -0.422. The lowest BCUT2D eigenvalue weighted by molar-refractivity contribution is -0.384. The van der Waals surface area contributed by atoms with Crippen molar-refractivity contribution in [1.82, 2.24) is 9.80 Å². The molecule has 1 aliphatic heterocycles. The third kappa shape index (κ3) is 4.24. The fourth-order valence-corrected chi connectivity index (χ4v) is 4.90. The largest absolute Gasteiger partial charge is 0.384 e. The van der Waals surface area contributed by atoms with Crippen LogP contribution in [-0.2, 0) is 23.4 Å². The molecule has 1 aliphatic rings. The monoisotopic (exact) mass is 507 g/mol. The van der Waals surface area contributed by atoms with Crippen molar-refractivity contribution in [3.8, 4) is 0 Å². The number of carbonyl (C=O) groups excluding carboxylic acids is 2. The van der Waals surface area contributed by atoms with E-state index in [2.05, 4.69) is 0 Å². The van der Waals surface area contributed by atoms with Crippen molar-refractivity contribution in [2.75, 3.05) is 0 Å². The van der Waals surface area contributed by atoms with E-state index < -0.39 is 16.5 Å². The molecule has 4 aromatic rings. The zero-order chi connectivity index (χ0) is 27.0. The highest BCUT2D eigenvalue weighted by Gasteiger charge is 2.55. The smallest absolute Gasteiger partial charge is 0.328 e. The van der Waals surface area contributed by atoms with Gasteiger partial charge >= 0.3 is 6.03 Å². The van der Waals surface area contributed by atoms with Crippen LogP contribution < -0.4 is 5.73 Å². The highest BCUT2D eigenvalue weighted by Crippen LogP contribution is 2.39. The van der Waals surface area contributed by atoms with Gasteiger partial charge < -0.3 is 10.6 Å². The zero-order valence-corrected chi connectivity index (χ0v) is 20.6. The van der Waals surface area contributed by atoms with E-state index in [1.54, 1.807) is 43.3 Å². The number of hydrogen-bond acceptors (Lipinski definition) is 5. The standard InChI is InChI=1S/C29H25N5O4/c1-29(24-7-3-2-4-8-24)27(35)32(28(36)33(29)18-19-6-5-9-25(15-19)34(37)38)17-20-10-11-21-12-13-22(26(30)31)16-23(21)14-20/h2-16H,17-18H2,1H3,(H3,30,31). The first-order valence-electron chi connectivity index (χ1n) is 12.0. The molecule has 9 heteroatoms. The molecule has 0 saturated carbocycles. The molecule has 4 aromatic carbocycles. The van der Waals surface area contributed by atoms with Gasteiger partial charge in [0.25, 0.3) is 11.6 Å². The molecule has 0 aromatic heterocycles. The predicted octanol–water partition coefficient (Wildman–Crippen LogP) is 4.91. The number of imide groups is 1. The Bertz CT molecular complexity index is 1600. The van der Waals surface area contributed by atoms with Crippen molar-refractivity contribution >= 4 is 34.2 Å². The van der Waals surface area contributed by atoms with E-state index in [9.17, 15) is 19.7 Å². The summed E-state index contributed by atoms with van der Waals surface area (Å²) >= 11 is 0. The van der Waals surface area contributed by atoms with E-state index in [1.165, 1.54) is 21.9 Å². The minimum absolute atomic E-state index is 0.0217. The van der Waals surface area contributed by atoms with Crippen LogP contribution in [0, 0.1) is 15.5 Å². The van der Waals surface area contributed by atoms with Gasteiger partial charge in [0.2, 0.25) is 0 Å². The predicted molar refractivity (Wildman–Crippen MR) is 143 cm³/mol. The van der Waals surface area contributed by atoms with E-state index in [1.807, 2.05) is 42.5 Å². The Balaban J connectivity index is 1.53. The number of nitrogen functional groups attached to an aromatic ring is 1. The molecule has 1 heterocycles. The second-order valence-corrected chi connectivity index (χ2v) is 9.44. The van der Waals surface area contributed by atoms with E-state index >= 15 is 0 Å². The average Bonchev–Trinajstić information content (AvgIpc) is 3.10. The number of nitrogens with two attached hydrogens (primary N) is 1. The van der Waals surface area contributed by atoms with Crippen molar-refractivity contribution in [3.05, 3.63) is 123 Å². The number of carbonyl (C=O) groups is 2. The molecule has 1 fully saturated rings. The van der Waals surface area contributed by atoms with Crippen molar-refractivity contribution in [3.63, 3.8) is 0 Å². The topological polar surface area (TPSA) is 134 Å². The van der Waals surface area contributed by atoms with E-state index in [0.717, 1.165) is 16.3 Å². The van der Waals surface area contributed by atoms with Crippen molar-refractivity contribution < 1.29 is 14.5 Å². The van der Waals surface area contributed by atoms with Crippen LogP contribution in [0.1, 0.15) is 29.2 Å². The number of fused-ring (bicyclic) bond motifs is 1. The summed E-state index contributed by atoms with van der Waals surface area (Å²) < 4.78 is 0. The Morgan fingerprint density at radius 3 is 2.32 bits per heavy atom. The van der Waals surface area contributed by atoms with Gasteiger partial charge in [0.15, 0.2) is 0 Å². The number of nitrogens with zero attached hydrogens (tertiary/aromatic N) is 3. The van der Waals surface area contributed by atoms with Gasteiger partial charge in [-0.25, -0.2) is 4.79 Å². The van der Waals surface area contributed by atoms with Gasteiger partial charge in [-0.3, -0.25) is 25.2 Å². The number of rotatable bonds is 7. The first kappa shape index (κ1) is 24.6. The van der Waals surface area contributed by atoms with Gasteiger partial charge in [-0.2, -0.15) is 0 Å². The van der Waals surface area contributed by atoms with E-state index in [-0.39, 0.29) is 30.5 Å². The molecule has 0 aliphatic carbocycles. The quantitative estimate of drug-likeness (QED) is 0.120. The maximum atomic E-state index is 13.9. The van der Waals surface area contributed by atoms with E-state index in [0.29, 0.717) is 16.7 Å². The highest BCUT2D eigenvalue weighted by atomic mass is 16.6. The number of nitro benzene ring substituents is 1. The van der Waals surface area contributed by atoms with Crippen LogP contribution in [-0.4, -0.2) is 32.5 Å². The SMILES string of the molecule is CC1(c2ccccc2)C(=O)N(Cc2ccc3ccc(C(=N)N)cc3c2)C(=O)N1Cc1cccc([N+](=O)[O-])c1. The van der Waals surface area contributed by atoms with Gasteiger partial charge in [-0.15, -0.1) is 0 Å². The number of non-ortho nitro benzene ring substituents is 1. The number of hydrogen-bond donors (Lipinski definition) is 2. The van der Waals surface area contributed by atoms with Gasteiger partial charge in [0, 0.05) is 24.2 Å². The Hall–Kier alpha value is -5.05. The molecule has 1 unspecified atom stereocenters. The molecule has 1 atom stereocenters. The molecule has 0 bridgehead atoms. The van der Waals surface area contributed by atoms with Gasteiger partial charge in [0.1, 0.15) is 11.4 Å². The molecule has 9 nitrogen and oxygen atoms in total. The summed E-state index contributed by atoms with van der Waals surface area (Å²) in [4.78, 5) is 41.2. The normalized spacial score (nSPS) is 17.3. The molecule has 3 N–H and O–H groups in total. The van der Waals surface area contributed by atoms with Crippen LogP contribution >= 0.6 is 0 Å². The molecular formula is C29H25N5O4. The number of benzene rings is 4. The highest BCUT2D eigenvalue weighted by molar-refractivity contribution is 6.07. The molecule has 190 valence electrons. The summed E-state index contributed by atoms with van der Waals surface area (Å²) in [7, 11) is 0. The zero-order valence-electron chi connectivity index (χ0n) is 20.6. The summed E-state index contributed by atoms with van der Waals surface area (Å²) in [6.07, 6.45) is 0. The van der Waals surface area contributed by atoms with Crippen LogP contribution in [0.3, 0.4) is 0 Å². The minimum atomic E-state index is -1.30. The Morgan fingerprint density at radius 1 is 0.895 bits per heavy atom. The fourth-order valence-electron chi connectivity index (χ4n) is 4.90. The molecular weight excluding hydrogens is 482 g/mol. The number of nitrogens with one attached hydrogen (secondary N) is 1. The summed E-state index contributed by atoms with van der Waals surface area (Å²) in [5, 5.41) is 20.8. The number of urea groups is 1. The second kappa shape index (κ2) is 9.44. The maximum Gasteiger partial charge on any atom is 0.328 e. The van der Waals surface area contributed by atoms with Crippen molar-refractivity contribution in [1.29, 1.82) is 5.41 Å². The van der Waals surface area contributed by atoms with Crippen molar-refractivity contribution in [2.45, 2.75) is 25.6 Å². The molecule has 5 rings (SSSR count). The van der Waals surface area contributed by atoms with Gasteiger partial charge in [-0.05, 0) is 46.5 Å². The van der Waals surface area contributed by atoms with Crippen LogP contribution in [0.25, 0.3) is 10.8 Å². The lowest BCUT2D eigenvalue weighted by atomic mass is 9.90. The lowest BCUT2D eigenvalue weighted by Crippen LogP contribution is -2.43. The summed E-state index contributed by atoms with van der Waals surface area (Å²) in [5.41, 5.74) is 6.78. The maximum absolute atomic E-state index is 13.9. The lowest BCUT2D eigenvalue weighted by Gasteiger charge is -2.32.